The van der Waals surface area contributed by atoms with E-state index in [1.165, 1.54) is 82.3 Å². The Hall–Kier alpha value is 2.01. The van der Waals surface area contributed by atoms with Crippen LogP contribution in [0, 0.1) is 0 Å². The van der Waals surface area contributed by atoms with Gasteiger partial charge in [0.15, 0.2) is 10.2 Å². The molecule has 2 N–H and O–H groups in total. The quantitative estimate of drug-likeness (QED) is 0.139. The summed E-state index contributed by atoms with van der Waals surface area (Å²) >= 11 is 9.94. The van der Waals surface area contributed by atoms with E-state index in [2.05, 4.69) is 0 Å². The minimum atomic E-state index is -0.963. The maximum absolute atomic E-state index is 12.0. The third-order valence-electron chi connectivity index (χ3n) is 2.86. The summed E-state index contributed by atoms with van der Waals surface area (Å²) in [7, 11) is -1.88. The zero-order valence-electron chi connectivity index (χ0n) is 17.1. The van der Waals surface area contributed by atoms with E-state index in [-0.39, 0.29) is 23.4 Å². The van der Waals surface area contributed by atoms with Gasteiger partial charge < -0.3 is 10.2 Å². The second-order valence-electron chi connectivity index (χ2n) is 5.37. The fraction of sp³-hybridized carbons (Fsp3) is 0.875. The summed E-state index contributed by atoms with van der Waals surface area (Å²) < 4.78 is 23.6. The molecule has 2 atom stereocenters. The number of hydrogen-bond acceptors (Lipinski definition) is 13. The number of carbonyl (C=O) groups excluding carboxylic acids is 2. The first-order chi connectivity index (χ1) is 15.0. The van der Waals surface area contributed by atoms with Gasteiger partial charge in [-0.25, -0.2) is 0 Å². The lowest BCUT2D eigenvalue weighted by molar-refractivity contribution is -0.109. The number of rotatable bonds is 22. The predicted molar refractivity (Wildman–Crippen MR) is 152 cm³/mol. The number of aliphatic hydroxyl groups is 2. The van der Waals surface area contributed by atoms with Crippen molar-refractivity contribution in [2.75, 3.05) is 79.6 Å². The highest BCUT2D eigenvalue weighted by atomic mass is 32.2. The molecule has 0 aromatic rings. The van der Waals surface area contributed by atoms with Gasteiger partial charge >= 0.3 is 0 Å². The van der Waals surface area contributed by atoms with E-state index < -0.39 is 21.6 Å². The summed E-state index contributed by atoms with van der Waals surface area (Å²) in [4.78, 5) is 23.5. The number of aliphatic hydroxyl groups excluding tert-OH is 2. The van der Waals surface area contributed by atoms with Crippen molar-refractivity contribution in [2.45, 2.75) is 0 Å². The molecule has 0 aromatic heterocycles. The van der Waals surface area contributed by atoms with Gasteiger partial charge in [-0.05, 0) is 0 Å². The topological polar surface area (TPSA) is 109 Å². The van der Waals surface area contributed by atoms with Crippen LogP contribution < -0.4 is 0 Å². The van der Waals surface area contributed by atoms with Crippen molar-refractivity contribution in [2.24, 2.45) is 0 Å². The maximum Gasteiger partial charge on any atom is 0.199 e. The molecule has 0 spiro atoms. The average molecular weight is 607 g/mol. The summed E-state index contributed by atoms with van der Waals surface area (Å²) in [6.45, 7) is 0.221. The van der Waals surface area contributed by atoms with E-state index in [1.807, 2.05) is 0 Å². The minimum absolute atomic E-state index is 0.0763. The standard InChI is InChI=1S/C16H30O6S9/c17-1-3-25-11-28-15(19)9-24-6-8-31(22)14-27-12-29-16(20)10-23-5-7-30(21)13-26-4-2-18/h17-18H,1-14H2. The molecule has 0 saturated heterocycles. The molecule has 184 valence electrons. The Morgan fingerprint density at radius 2 is 1.06 bits per heavy atom. The molecule has 15 heteroatoms. The Balaban J connectivity index is 3.50. The van der Waals surface area contributed by atoms with Crippen LogP contribution in [-0.2, 0) is 31.2 Å². The van der Waals surface area contributed by atoms with Gasteiger partial charge in [0.25, 0.3) is 0 Å². The van der Waals surface area contributed by atoms with E-state index in [9.17, 15) is 18.0 Å². The van der Waals surface area contributed by atoms with Crippen molar-refractivity contribution >= 4 is 114 Å². The molecule has 0 fully saturated rings. The smallest absolute Gasteiger partial charge is 0.199 e. The Kier molecular flexibility index (Phi) is 26.7. The lowest BCUT2D eigenvalue weighted by atomic mass is 10.9. The summed E-state index contributed by atoms with van der Waals surface area (Å²) in [6.07, 6.45) is 0. The SMILES string of the molecule is O=C(CSCCS(=O)CSCSC(=O)CSCCS(=O)CSCCO)SCSCCO. The number of hydrogen-bond donors (Lipinski definition) is 2. The third kappa shape index (κ3) is 24.9. The molecule has 0 saturated carbocycles. The molecule has 0 rings (SSSR count). The number of carbonyl (C=O) groups is 2. The van der Waals surface area contributed by atoms with Gasteiger partial charge in [-0.15, -0.1) is 35.3 Å². The van der Waals surface area contributed by atoms with Crippen molar-refractivity contribution in [3.63, 3.8) is 0 Å². The second kappa shape index (κ2) is 25.1. The molecule has 0 heterocycles. The van der Waals surface area contributed by atoms with Crippen LogP contribution in [0.2, 0.25) is 0 Å². The number of thioether (sulfide) groups is 7. The van der Waals surface area contributed by atoms with Crippen LogP contribution in [0.15, 0.2) is 0 Å². The summed E-state index contributed by atoms with van der Waals surface area (Å²) in [5, 5.41) is 19.8. The molecule has 0 aliphatic rings. The highest BCUT2D eigenvalue weighted by Gasteiger charge is 2.08. The van der Waals surface area contributed by atoms with Crippen LogP contribution in [0.1, 0.15) is 0 Å². The van der Waals surface area contributed by atoms with E-state index in [1.54, 1.807) is 0 Å². The molecule has 31 heavy (non-hydrogen) atoms. The van der Waals surface area contributed by atoms with Crippen LogP contribution in [-0.4, -0.2) is 108 Å². The third-order valence-corrected chi connectivity index (χ3v) is 14.6. The largest absolute Gasteiger partial charge is 0.396 e. The van der Waals surface area contributed by atoms with E-state index in [0.29, 0.717) is 66.4 Å². The van der Waals surface area contributed by atoms with Gasteiger partial charge in [-0.3, -0.25) is 18.0 Å². The van der Waals surface area contributed by atoms with Gasteiger partial charge in [-0.2, -0.15) is 23.5 Å². The molecular weight excluding hydrogens is 577 g/mol. The molecule has 0 amide bonds. The Morgan fingerprint density at radius 1 is 0.613 bits per heavy atom. The molecule has 0 aliphatic carbocycles. The lowest BCUT2D eigenvalue weighted by Crippen LogP contribution is -2.06. The highest BCUT2D eigenvalue weighted by molar-refractivity contribution is 8.27. The second-order valence-corrected chi connectivity index (χ2v) is 17.5. The molecule has 0 radical (unpaired) electrons. The Bertz CT molecular complexity index is 524. The van der Waals surface area contributed by atoms with Gasteiger partial charge in [-0.1, -0.05) is 23.5 Å². The molecule has 6 nitrogen and oxygen atoms in total. The van der Waals surface area contributed by atoms with E-state index >= 15 is 0 Å². The zero-order chi connectivity index (χ0) is 23.2. The monoisotopic (exact) mass is 606 g/mol. The fourth-order valence-electron chi connectivity index (χ4n) is 1.50. The first kappa shape index (κ1) is 33.0. The molecule has 2 unspecified atom stereocenters. The summed E-state index contributed by atoms with van der Waals surface area (Å²) in [6, 6.07) is 0. The van der Waals surface area contributed by atoms with Gasteiger partial charge in [0, 0.05) is 66.3 Å². The van der Waals surface area contributed by atoms with E-state index in [0.717, 1.165) is 0 Å². The molecule has 0 bridgehead atoms. The molecule has 0 aromatic carbocycles. The average Bonchev–Trinajstić information content (AvgIpc) is 2.75. The highest BCUT2D eigenvalue weighted by Crippen LogP contribution is 2.18. The van der Waals surface area contributed by atoms with Crippen molar-refractivity contribution < 1.29 is 28.2 Å². The van der Waals surface area contributed by atoms with E-state index in [4.69, 9.17) is 10.2 Å². The summed E-state index contributed by atoms with van der Waals surface area (Å²) in [5.41, 5.74) is 0. The van der Waals surface area contributed by atoms with Crippen molar-refractivity contribution in [3.8, 4) is 0 Å². The molecule has 0 aliphatic heterocycles. The van der Waals surface area contributed by atoms with Gasteiger partial charge in [0.1, 0.15) is 0 Å². The fourth-order valence-corrected chi connectivity index (χ4v) is 11.9. The van der Waals surface area contributed by atoms with Gasteiger partial charge in [0.05, 0.1) is 34.9 Å². The van der Waals surface area contributed by atoms with Crippen LogP contribution in [0.5, 0.6) is 0 Å². The first-order valence-corrected chi connectivity index (χ1v) is 19.8. The maximum atomic E-state index is 12.0. The Labute approximate surface area is 220 Å². The normalized spacial score (nSPS) is 13.2. The van der Waals surface area contributed by atoms with Crippen molar-refractivity contribution in [1.29, 1.82) is 0 Å². The van der Waals surface area contributed by atoms with Gasteiger partial charge in [0.2, 0.25) is 0 Å². The van der Waals surface area contributed by atoms with Crippen molar-refractivity contribution in [3.05, 3.63) is 0 Å². The summed E-state index contributed by atoms with van der Waals surface area (Å²) in [5.74, 6) is 4.47. The van der Waals surface area contributed by atoms with Crippen LogP contribution in [0.4, 0.5) is 0 Å². The Morgan fingerprint density at radius 3 is 1.58 bits per heavy atom. The molecular formula is C16H30O6S9. The van der Waals surface area contributed by atoms with Crippen LogP contribution in [0.25, 0.3) is 0 Å². The lowest BCUT2D eigenvalue weighted by Gasteiger charge is -2.04. The first-order valence-electron chi connectivity index (χ1n) is 9.11. The van der Waals surface area contributed by atoms with Crippen LogP contribution in [0.3, 0.4) is 0 Å². The van der Waals surface area contributed by atoms with Crippen LogP contribution >= 0.6 is 82.3 Å². The predicted octanol–water partition coefficient (Wildman–Crippen LogP) is 2.48. The zero-order valence-corrected chi connectivity index (χ0v) is 24.4. The minimum Gasteiger partial charge on any atom is -0.396 e. The van der Waals surface area contributed by atoms with Crippen molar-refractivity contribution in [1.82, 2.24) is 0 Å².